The van der Waals surface area contributed by atoms with Crippen molar-refractivity contribution in [3.63, 3.8) is 0 Å². The van der Waals surface area contributed by atoms with Gasteiger partial charge in [-0.3, -0.25) is 0 Å². The van der Waals surface area contributed by atoms with E-state index in [2.05, 4.69) is 16.2 Å². The highest BCUT2D eigenvalue weighted by molar-refractivity contribution is 5.83. The SMILES string of the molecule is CC(C)(C)c1nc(C(=O)O)nn1-c1ccc(CC#N)cc1. The van der Waals surface area contributed by atoms with Crippen LogP contribution in [0.5, 0.6) is 0 Å². The Labute approximate surface area is 122 Å². The Morgan fingerprint density at radius 3 is 2.43 bits per heavy atom. The summed E-state index contributed by atoms with van der Waals surface area (Å²) in [6, 6.07) is 9.35. The lowest BCUT2D eigenvalue weighted by Gasteiger charge is -2.18. The fourth-order valence-corrected chi connectivity index (χ4v) is 1.91. The minimum Gasteiger partial charge on any atom is -0.475 e. The van der Waals surface area contributed by atoms with Crippen LogP contribution in [0.3, 0.4) is 0 Å². The highest BCUT2D eigenvalue weighted by Gasteiger charge is 2.25. The van der Waals surface area contributed by atoms with E-state index in [-0.39, 0.29) is 11.2 Å². The van der Waals surface area contributed by atoms with Crippen molar-refractivity contribution in [1.82, 2.24) is 14.8 Å². The minimum absolute atomic E-state index is 0.221. The van der Waals surface area contributed by atoms with Gasteiger partial charge in [0.2, 0.25) is 0 Å². The number of carbonyl (C=O) groups is 1. The standard InChI is InChI=1S/C15H16N4O2/c1-15(2,3)14-17-12(13(20)21)18-19(14)11-6-4-10(5-7-11)8-9-16/h4-7H,8H2,1-3H3,(H,20,21). The normalized spacial score (nSPS) is 11.1. The van der Waals surface area contributed by atoms with E-state index in [0.29, 0.717) is 12.2 Å². The average Bonchev–Trinajstić information content (AvgIpc) is 2.85. The molecule has 0 aliphatic rings. The molecule has 0 saturated heterocycles. The van der Waals surface area contributed by atoms with Gasteiger partial charge in [0, 0.05) is 5.41 Å². The topological polar surface area (TPSA) is 91.8 Å². The van der Waals surface area contributed by atoms with Crippen molar-refractivity contribution in [3.05, 3.63) is 41.5 Å². The maximum atomic E-state index is 11.1. The molecule has 0 spiro atoms. The molecule has 0 bridgehead atoms. The predicted molar refractivity (Wildman–Crippen MR) is 76.3 cm³/mol. The van der Waals surface area contributed by atoms with Crippen LogP contribution in [-0.2, 0) is 11.8 Å². The van der Waals surface area contributed by atoms with E-state index in [1.807, 2.05) is 45.0 Å². The van der Waals surface area contributed by atoms with E-state index in [9.17, 15) is 4.79 Å². The van der Waals surface area contributed by atoms with Gasteiger partial charge in [0.1, 0.15) is 5.82 Å². The van der Waals surface area contributed by atoms with Crippen molar-refractivity contribution in [2.24, 2.45) is 0 Å². The number of hydrogen-bond donors (Lipinski definition) is 1. The Bertz CT molecular complexity index is 703. The highest BCUT2D eigenvalue weighted by atomic mass is 16.4. The van der Waals surface area contributed by atoms with Gasteiger partial charge in [0.15, 0.2) is 0 Å². The number of aromatic nitrogens is 3. The molecule has 0 fully saturated rings. The van der Waals surface area contributed by atoms with Gasteiger partial charge in [-0.05, 0) is 17.7 Å². The van der Waals surface area contributed by atoms with Crippen molar-refractivity contribution in [1.29, 1.82) is 5.26 Å². The first-order valence-electron chi connectivity index (χ1n) is 6.50. The molecule has 0 atom stereocenters. The summed E-state index contributed by atoms with van der Waals surface area (Å²) < 4.78 is 1.54. The van der Waals surface area contributed by atoms with E-state index < -0.39 is 5.97 Å². The molecule has 0 aliphatic carbocycles. The van der Waals surface area contributed by atoms with E-state index in [4.69, 9.17) is 10.4 Å². The summed E-state index contributed by atoms with van der Waals surface area (Å²) in [5, 5.41) is 21.8. The van der Waals surface area contributed by atoms with Crippen molar-refractivity contribution in [2.45, 2.75) is 32.6 Å². The molecule has 0 radical (unpaired) electrons. The van der Waals surface area contributed by atoms with Crippen molar-refractivity contribution in [3.8, 4) is 11.8 Å². The van der Waals surface area contributed by atoms with Crippen molar-refractivity contribution in [2.75, 3.05) is 0 Å². The zero-order chi connectivity index (χ0) is 15.6. The molecule has 0 saturated carbocycles. The van der Waals surface area contributed by atoms with Crippen LogP contribution in [0.2, 0.25) is 0 Å². The maximum Gasteiger partial charge on any atom is 0.375 e. The maximum absolute atomic E-state index is 11.1. The van der Waals surface area contributed by atoms with Crippen molar-refractivity contribution < 1.29 is 9.90 Å². The molecule has 1 aromatic heterocycles. The summed E-state index contributed by atoms with van der Waals surface area (Å²) in [7, 11) is 0. The first kappa shape index (κ1) is 14.7. The van der Waals surface area contributed by atoms with Crippen LogP contribution in [0.15, 0.2) is 24.3 Å². The molecule has 2 aromatic rings. The Hall–Kier alpha value is -2.68. The summed E-state index contributed by atoms with van der Waals surface area (Å²) in [6.07, 6.45) is 0.337. The average molecular weight is 284 g/mol. The molecule has 1 heterocycles. The Morgan fingerprint density at radius 1 is 1.33 bits per heavy atom. The number of carboxylic acid groups (broad SMARTS) is 1. The van der Waals surface area contributed by atoms with Gasteiger partial charge in [0.25, 0.3) is 5.82 Å². The first-order chi connectivity index (χ1) is 9.82. The third kappa shape index (κ3) is 3.08. The number of rotatable bonds is 3. The lowest BCUT2D eigenvalue weighted by molar-refractivity contribution is 0.0683. The zero-order valence-corrected chi connectivity index (χ0v) is 12.2. The summed E-state index contributed by atoms with van der Waals surface area (Å²) in [6.45, 7) is 5.84. The molecule has 21 heavy (non-hydrogen) atoms. The Morgan fingerprint density at radius 2 is 1.95 bits per heavy atom. The largest absolute Gasteiger partial charge is 0.475 e. The quantitative estimate of drug-likeness (QED) is 0.933. The number of nitriles is 1. The lowest BCUT2D eigenvalue weighted by Crippen LogP contribution is -2.18. The van der Waals surface area contributed by atoms with Gasteiger partial charge >= 0.3 is 5.97 Å². The van der Waals surface area contributed by atoms with Crippen LogP contribution in [0, 0.1) is 11.3 Å². The molecule has 6 nitrogen and oxygen atoms in total. The van der Waals surface area contributed by atoms with E-state index in [1.165, 1.54) is 0 Å². The van der Waals surface area contributed by atoms with E-state index >= 15 is 0 Å². The van der Waals surface area contributed by atoms with Gasteiger partial charge in [-0.1, -0.05) is 32.9 Å². The van der Waals surface area contributed by atoms with Gasteiger partial charge < -0.3 is 5.11 Å². The summed E-state index contributed by atoms with van der Waals surface area (Å²) in [5.74, 6) is -0.797. The van der Waals surface area contributed by atoms with Crippen molar-refractivity contribution >= 4 is 5.97 Å². The Kier molecular flexibility index (Phi) is 3.76. The summed E-state index contributed by atoms with van der Waals surface area (Å²) >= 11 is 0. The summed E-state index contributed by atoms with van der Waals surface area (Å²) in [5.41, 5.74) is 1.28. The van der Waals surface area contributed by atoms with Crippen LogP contribution in [0.4, 0.5) is 0 Å². The molecule has 2 rings (SSSR count). The van der Waals surface area contributed by atoms with E-state index in [1.54, 1.807) is 4.68 Å². The van der Waals surface area contributed by atoms with Crippen LogP contribution in [0.1, 0.15) is 42.8 Å². The monoisotopic (exact) mass is 284 g/mol. The summed E-state index contributed by atoms with van der Waals surface area (Å²) in [4.78, 5) is 15.2. The second kappa shape index (κ2) is 5.37. The van der Waals surface area contributed by atoms with Crippen LogP contribution >= 0.6 is 0 Å². The molecule has 0 amide bonds. The number of carboxylic acids is 1. The molecule has 6 heteroatoms. The minimum atomic E-state index is -1.15. The number of benzene rings is 1. The van der Waals surface area contributed by atoms with Gasteiger partial charge in [-0.2, -0.15) is 5.26 Å². The fourth-order valence-electron chi connectivity index (χ4n) is 1.91. The molecule has 108 valence electrons. The predicted octanol–water partition coefficient (Wildman–Crippen LogP) is 2.33. The Balaban J connectivity index is 2.52. The third-order valence-electron chi connectivity index (χ3n) is 2.93. The van der Waals surface area contributed by atoms with Crippen LogP contribution in [0.25, 0.3) is 5.69 Å². The first-order valence-corrected chi connectivity index (χ1v) is 6.50. The molecular formula is C15H16N4O2. The fraction of sp³-hybridized carbons (Fsp3) is 0.333. The smallest absolute Gasteiger partial charge is 0.375 e. The highest BCUT2D eigenvalue weighted by Crippen LogP contribution is 2.23. The van der Waals surface area contributed by atoms with Gasteiger partial charge in [0.05, 0.1) is 18.2 Å². The lowest BCUT2D eigenvalue weighted by atomic mass is 9.95. The molecule has 1 aromatic carbocycles. The van der Waals surface area contributed by atoms with E-state index in [0.717, 1.165) is 11.3 Å². The number of nitrogens with zero attached hydrogens (tertiary/aromatic N) is 4. The van der Waals surface area contributed by atoms with Crippen LogP contribution < -0.4 is 0 Å². The second-order valence-electron chi connectivity index (χ2n) is 5.73. The molecule has 0 aliphatic heterocycles. The van der Waals surface area contributed by atoms with Gasteiger partial charge in [-0.15, -0.1) is 5.10 Å². The van der Waals surface area contributed by atoms with Gasteiger partial charge in [-0.25, -0.2) is 14.5 Å². The second-order valence-corrected chi connectivity index (χ2v) is 5.73. The number of aromatic carboxylic acids is 1. The third-order valence-corrected chi connectivity index (χ3v) is 2.93. The molecule has 0 unspecified atom stereocenters. The number of hydrogen-bond acceptors (Lipinski definition) is 4. The van der Waals surface area contributed by atoms with Crippen LogP contribution in [-0.4, -0.2) is 25.8 Å². The zero-order valence-electron chi connectivity index (χ0n) is 12.2. The molecular weight excluding hydrogens is 268 g/mol. The molecule has 1 N–H and O–H groups in total.